The Hall–Kier alpha value is -1.26. The van der Waals surface area contributed by atoms with Gasteiger partial charge in [-0.25, -0.2) is 0 Å². The summed E-state index contributed by atoms with van der Waals surface area (Å²) in [5, 5.41) is 12.9. The van der Waals surface area contributed by atoms with E-state index in [1.807, 2.05) is 20.8 Å². The SMILES string of the molecule is CCOc1cc(Cl)ccc1C(=O)NCC(C)(C)CC(C)O. The van der Waals surface area contributed by atoms with Crippen LogP contribution in [0.2, 0.25) is 5.02 Å². The van der Waals surface area contributed by atoms with E-state index in [1.165, 1.54) is 0 Å². The Bertz CT molecular complexity index is 486. The molecule has 0 spiro atoms. The van der Waals surface area contributed by atoms with E-state index < -0.39 is 6.10 Å². The largest absolute Gasteiger partial charge is 0.493 e. The molecule has 0 heterocycles. The maximum absolute atomic E-state index is 12.3. The second-order valence-corrected chi connectivity index (χ2v) is 6.41. The normalized spacial score (nSPS) is 12.9. The predicted octanol–water partition coefficient (Wildman–Crippen LogP) is 3.27. The smallest absolute Gasteiger partial charge is 0.255 e. The van der Waals surface area contributed by atoms with Gasteiger partial charge in [0.1, 0.15) is 5.75 Å². The maximum atomic E-state index is 12.3. The average Bonchev–Trinajstić information content (AvgIpc) is 2.35. The van der Waals surface area contributed by atoms with Crippen LogP contribution in [0.15, 0.2) is 18.2 Å². The number of hydrogen-bond acceptors (Lipinski definition) is 3. The van der Waals surface area contributed by atoms with Gasteiger partial charge >= 0.3 is 0 Å². The summed E-state index contributed by atoms with van der Waals surface area (Å²) < 4.78 is 5.45. The molecule has 0 aromatic heterocycles. The van der Waals surface area contributed by atoms with Crippen molar-refractivity contribution in [3.8, 4) is 5.75 Å². The first-order valence-electron chi connectivity index (χ1n) is 7.14. The van der Waals surface area contributed by atoms with Crippen molar-refractivity contribution in [1.82, 2.24) is 5.32 Å². The first-order valence-corrected chi connectivity index (χ1v) is 7.51. The van der Waals surface area contributed by atoms with Gasteiger partial charge in [-0.2, -0.15) is 0 Å². The summed E-state index contributed by atoms with van der Waals surface area (Å²) in [6.07, 6.45) is 0.220. The van der Waals surface area contributed by atoms with E-state index >= 15 is 0 Å². The number of halogens is 1. The topological polar surface area (TPSA) is 58.6 Å². The quantitative estimate of drug-likeness (QED) is 0.812. The zero-order valence-corrected chi connectivity index (χ0v) is 13.8. The van der Waals surface area contributed by atoms with Crippen molar-refractivity contribution in [3.05, 3.63) is 28.8 Å². The summed E-state index contributed by atoms with van der Waals surface area (Å²) in [7, 11) is 0. The van der Waals surface area contributed by atoms with Crippen LogP contribution in [0.1, 0.15) is 44.5 Å². The molecule has 118 valence electrons. The zero-order chi connectivity index (χ0) is 16.0. The minimum Gasteiger partial charge on any atom is -0.493 e. The summed E-state index contributed by atoms with van der Waals surface area (Å²) in [5.41, 5.74) is 0.288. The summed E-state index contributed by atoms with van der Waals surface area (Å²) in [5.74, 6) is 0.282. The molecular formula is C16H24ClNO3. The third kappa shape index (κ3) is 5.94. The summed E-state index contributed by atoms with van der Waals surface area (Å²) in [4.78, 5) is 12.3. The first-order chi connectivity index (χ1) is 9.75. The molecule has 1 aromatic rings. The number of benzene rings is 1. The number of aliphatic hydroxyl groups is 1. The fraction of sp³-hybridized carbons (Fsp3) is 0.562. The highest BCUT2D eigenvalue weighted by Gasteiger charge is 2.22. The molecule has 0 aliphatic heterocycles. The van der Waals surface area contributed by atoms with Crippen LogP contribution in [0.4, 0.5) is 0 Å². The van der Waals surface area contributed by atoms with Gasteiger partial charge in [0.05, 0.1) is 18.3 Å². The van der Waals surface area contributed by atoms with Gasteiger partial charge in [0.25, 0.3) is 5.91 Å². The van der Waals surface area contributed by atoms with Gasteiger partial charge in [-0.3, -0.25) is 4.79 Å². The highest BCUT2D eigenvalue weighted by molar-refractivity contribution is 6.30. The van der Waals surface area contributed by atoms with Crippen molar-refractivity contribution in [2.75, 3.05) is 13.2 Å². The van der Waals surface area contributed by atoms with Gasteiger partial charge in [-0.05, 0) is 43.9 Å². The monoisotopic (exact) mass is 313 g/mol. The molecule has 0 saturated heterocycles. The molecule has 2 N–H and O–H groups in total. The van der Waals surface area contributed by atoms with E-state index in [2.05, 4.69) is 5.32 Å². The average molecular weight is 314 g/mol. The maximum Gasteiger partial charge on any atom is 0.255 e. The third-order valence-electron chi connectivity index (χ3n) is 3.06. The third-order valence-corrected chi connectivity index (χ3v) is 3.30. The van der Waals surface area contributed by atoms with Gasteiger partial charge in [0.15, 0.2) is 0 Å². The molecule has 0 aliphatic rings. The van der Waals surface area contributed by atoms with Crippen LogP contribution in [-0.4, -0.2) is 30.3 Å². The second kappa shape index (κ2) is 7.66. The molecular weight excluding hydrogens is 290 g/mol. The van der Waals surface area contributed by atoms with E-state index in [9.17, 15) is 9.90 Å². The van der Waals surface area contributed by atoms with E-state index in [4.69, 9.17) is 16.3 Å². The van der Waals surface area contributed by atoms with Crippen molar-refractivity contribution >= 4 is 17.5 Å². The van der Waals surface area contributed by atoms with Crippen LogP contribution < -0.4 is 10.1 Å². The highest BCUT2D eigenvalue weighted by atomic mass is 35.5. The number of carbonyl (C=O) groups is 1. The molecule has 1 unspecified atom stereocenters. The van der Waals surface area contributed by atoms with Gasteiger partial charge in [0.2, 0.25) is 0 Å². The summed E-state index contributed by atoms with van der Waals surface area (Å²) >= 11 is 5.92. The lowest BCUT2D eigenvalue weighted by Gasteiger charge is -2.26. The fourth-order valence-corrected chi connectivity index (χ4v) is 2.41. The molecule has 0 bridgehead atoms. The van der Waals surface area contributed by atoms with Crippen LogP contribution in [0.3, 0.4) is 0 Å². The van der Waals surface area contributed by atoms with E-state index in [-0.39, 0.29) is 11.3 Å². The Morgan fingerprint density at radius 3 is 2.71 bits per heavy atom. The Balaban J connectivity index is 2.76. The second-order valence-electron chi connectivity index (χ2n) is 5.97. The van der Waals surface area contributed by atoms with Crippen LogP contribution in [-0.2, 0) is 0 Å². The lowest BCUT2D eigenvalue weighted by molar-refractivity contribution is 0.0898. The standard InChI is InChI=1S/C16H24ClNO3/c1-5-21-14-8-12(17)6-7-13(14)15(20)18-10-16(3,4)9-11(2)19/h6-8,11,19H,5,9-10H2,1-4H3,(H,18,20). The van der Waals surface area contributed by atoms with Crippen LogP contribution >= 0.6 is 11.6 Å². The van der Waals surface area contributed by atoms with Crippen molar-refractivity contribution in [2.24, 2.45) is 5.41 Å². The van der Waals surface area contributed by atoms with Crippen LogP contribution in [0.25, 0.3) is 0 Å². The Labute approximate surface area is 131 Å². The first kappa shape index (κ1) is 17.8. The molecule has 1 aromatic carbocycles. The lowest BCUT2D eigenvalue weighted by Crippen LogP contribution is -2.35. The number of rotatable bonds is 7. The van der Waals surface area contributed by atoms with Crippen LogP contribution in [0.5, 0.6) is 5.75 Å². The van der Waals surface area contributed by atoms with E-state index in [0.717, 1.165) is 0 Å². The molecule has 0 fully saturated rings. The number of amides is 1. The molecule has 1 rings (SSSR count). The number of nitrogens with one attached hydrogen (secondary N) is 1. The number of hydrogen-bond donors (Lipinski definition) is 2. The van der Waals surface area contributed by atoms with E-state index in [1.54, 1.807) is 25.1 Å². The zero-order valence-electron chi connectivity index (χ0n) is 13.1. The molecule has 1 atom stereocenters. The van der Waals surface area contributed by atoms with Crippen LogP contribution in [0, 0.1) is 5.41 Å². The van der Waals surface area contributed by atoms with Gasteiger partial charge in [-0.1, -0.05) is 25.4 Å². The number of carbonyl (C=O) groups excluding carboxylic acids is 1. The van der Waals surface area contributed by atoms with Crippen molar-refractivity contribution < 1.29 is 14.6 Å². The molecule has 0 radical (unpaired) electrons. The molecule has 5 heteroatoms. The van der Waals surface area contributed by atoms with Gasteiger partial charge in [0, 0.05) is 11.6 Å². The Morgan fingerprint density at radius 1 is 1.48 bits per heavy atom. The van der Waals surface area contributed by atoms with Crippen molar-refractivity contribution in [2.45, 2.75) is 40.2 Å². The molecule has 4 nitrogen and oxygen atoms in total. The lowest BCUT2D eigenvalue weighted by atomic mass is 9.87. The molecule has 21 heavy (non-hydrogen) atoms. The minimum atomic E-state index is -0.397. The Kier molecular flexibility index (Phi) is 6.49. The van der Waals surface area contributed by atoms with Crippen molar-refractivity contribution in [3.63, 3.8) is 0 Å². The summed E-state index contributed by atoms with van der Waals surface area (Å²) in [6, 6.07) is 4.96. The highest BCUT2D eigenvalue weighted by Crippen LogP contribution is 2.25. The van der Waals surface area contributed by atoms with Gasteiger partial charge < -0.3 is 15.2 Å². The Morgan fingerprint density at radius 2 is 2.14 bits per heavy atom. The fourth-order valence-electron chi connectivity index (χ4n) is 2.25. The molecule has 0 saturated carbocycles. The van der Waals surface area contributed by atoms with E-state index in [0.29, 0.717) is 35.9 Å². The summed E-state index contributed by atoms with van der Waals surface area (Å²) in [6.45, 7) is 8.56. The predicted molar refractivity (Wildman–Crippen MR) is 85.0 cm³/mol. The minimum absolute atomic E-state index is 0.179. The van der Waals surface area contributed by atoms with Gasteiger partial charge in [-0.15, -0.1) is 0 Å². The number of ether oxygens (including phenoxy) is 1. The molecule has 1 amide bonds. The molecule has 0 aliphatic carbocycles. The van der Waals surface area contributed by atoms with Crippen molar-refractivity contribution in [1.29, 1.82) is 0 Å². The number of aliphatic hydroxyl groups excluding tert-OH is 1.